The molecule has 1 fully saturated rings. The molecule has 26 heavy (non-hydrogen) atoms. The van der Waals surface area contributed by atoms with Gasteiger partial charge in [0.15, 0.2) is 0 Å². The number of aromatic nitrogens is 1. The number of ether oxygens (including phenoxy) is 1. The summed E-state index contributed by atoms with van der Waals surface area (Å²) >= 11 is 0. The number of fused-ring (bicyclic) bond motifs is 1. The molecule has 1 aliphatic rings. The van der Waals surface area contributed by atoms with Crippen LogP contribution in [0, 0.1) is 6.92 Å². The standard InChI is InChI=1S/C22H25N3O/c1-17-14-22(20-9-8-19(26-2)15-21(20)23-17)25-12-10-24(11-13-25)16-18-6-4-3-5-7-18/h3-9,14-15H,10-13,16H2,1-2H3. The van der Waals surface area contributed by atoms with Gasteiger partial charge in [-0.15, -0.1) is 0 Å². The van der Waals surface area contributed by atoms with Crippen molar-refractivity contribution in [2.45, 2.75) is 13.5 Å². The highest BCUT2D eigenvalue weighted by molar-refractivity contribution is 5.92. The fraction of sp³-hybridized carbons (Fsp3) is 0.318. The molecular formula is C22H25N3O. The molecule has 4 heteroatoms. The Morgan fingerprint density at radius 3 is 2.46 bits per heavy atom. The molecule has 0 bridgehead atoms. The summed E-state index contributed by atoms with van der Waals surface area (Å²) in [7, 11) is 1.70. The van der Waals surface area contributed by atoms with Crippen molar-refractivity contribution >= 4 is 16.6 Å². The highest BCUT2D eigenvalue weighted by Crippen LogP contribution is 2.30. The van der Waals surface area contributed by atoms with Crippen LogP contribution < -0.4 is 9.64 Å². The second kappa shape index (κ2) is 7.34. The van der Waals surface area contributed by atoms with E-state index in [0.717, 1.165) is 49.7 Å². The minimum absolute atomic E-state index is 0.856. The fourth-order valence-electron chi connectivity index (χ4n) is 3.70. The predicted octanol–water partition coefficient (Wildman–Crippen LogP) is 3.87. The Morgan fingerprint density at radius 1 is 0.962 bits per heavy atom. The maximum Gasteiger partial charge on any atom is 0.121 e. The molecule has 0 aliphatic carbocycles. The van der Waals surface area contributed by atoms with Gasteiger partial charge in [-0.25, -0.2) is 0 Å². The van der Waals surface area contributed by atoms with Gasteiger partial charge in [0.2, 0.25) is 0 Å². The van der Waals surface area contributed by atoms with Crippen LogP contribution in [0.2, 0.25) is 0 Å². The van der Waals surface area contributed by atoms with Crippen molar-refractivity contribution in [3.8, 4) is 5.75 Å². The number of methoxy groups -OCH3 is 1. The Bertz CT molecular complexity index is 887. The summed E-state index contributed by atoms with van der Waals surface area (Å²) in [5.41, 5.74) is 4.73. The van der Waals surface area contributed by atoms with E-state index in [2.05, 4.69) is 59.2 Å². The Kier molecular flexibility index (Phi) is 4.76. The monoisotopic (exact) mass is 347 g/mol. The summed E-state index contributed by atoms with van der Waals surface area (Å²) < 4.78 is 5.36. The van der Waals surface area contributed by atoms with Crippen LogP contribution in [-0.2, 0) is 6.54 Å². The summed E-state index contributed by atoms with van der Waals surface area (Å²) in [5.74, 6) is 0.856. The van der Waals surface area contributed by atoms with Crippen LogP contribution in [-0.4, -0.2) is 43.2 Å². The lowest BCUT2D eigenvalue weighted by molar-refractivity contribution is 0.250. The van der Waals surface area contributed by atoms with Crippen molar-refractivity contribution in [3.05, 3.63) is 65.9 Å². The Labute approximate surface area is 155 Å². The van der Waals surface area contributed by atoms with Crippen LogP contribution in [0.4, 0.5) is 5.69 Å². The topological polar surface area (TPSA) is 28.6 Å². The maximum atomic E-state index is 5.36. The molecule has 1 aliphatic heterocycles. The van der Waals surface area contributed by atoms with Crippen molar-refractivity contribution in [2.75, 3.05) is 38.2 Å². The number of piperazine rings is 1. The van der Waals surface area contributed by atoms with Gasteiger partial charge < -0.3 is 9.64 Å². The summed E-state index contributed by atoms with van der Waals surface area (Å²) in [4.78, 5) is 9.72. The van der Waals surface area contributed by atoms with Gasteiger partial charge in [0, 0.05) is 55.6 Å². The lowest BCUT2D eigenvalue weighted by Gasteiger charge is -2.36. The summed E-state index contributed by atoms with van der Waals surface area (Å²) in [6, 6.07) is 19.1. The number of pyridine rings is 1. The summed E-state index contributed by atoms with van der Waals surface area (Å²) in [5, 5.41) is 1.20. The van der Waals surface area contributed by atoms with Crippen molar-refractivity contribution in [3.63, 3.8) is 0 Å². The van der Waals surface area contributed by atoms with Gasteiger partial charge >= 0.3 is 0 Å². The van der Waals surface area contributed by atoms with Gasteiger partial charge in [-0.2, -0.15) is 0 Å². The molecule has 0 radical (unpaired) electrons. The van der Waals surface area contributed by atoms with E-state index in [4.69, 9.17) is 9.72 Å². The Balaban J connectivity index is 1.52. The third kappa shape index (κ3) is 3.51. The second-order valence-electron chi connectivity index (χ2n) is 6.91. The normalized spacial score (nSPS) is 15.4. The first-order chi connectivity index (χ1) is 12.7. The van der Waals surface area contributed by atoms with Crippen LogP contribution in [0.1, 0.15) is 11.3 Å². The van der Waals surface area contributed by atoms with E-state index in [-0.39, 0.29) is 0 Å². The highest BCUT2D eigenvalue weighted by Gasteiger charge is 2.19. The SMILES string of the molecule is COc1ccc2c(N3CCN(Cc4ccccc4)CC3)cc(C)nc2c1. The minimum atomic E-state index is 0.856. The summed E-state index contributed by atoms with van der Waals surface area (Å²) in [6.45, 7) is 7.33. The van der Waals surface area contributed by atoms with E-state index in [0.29, 0.717) is 0 Å². The van der Waals surface area contributed by atoms with Crippen LogP contribution in [0.15, 0.2) is 54.6 Å². The van der Waals surface area contributed by atoms with E-state index in [1.807, 2.05) is 12.1 Å². The van der Waals surface area contributed by atoms with Gasteiger partial charge in [-0.3, -0.25) is 9.88 Å². The average Bonchev–Trinajstić information content (AvgIpc) is 2.68. The number of nitrogens with zero attached hydrogens (tertiary/aromatic N) is 3. The Morgan fingerprint density at radius 2 is 1.73 bits per heavy atom. The molecule has 1 aromatic heterocycles. The van der Waals surface area contributed by atoms with Crippen LogP contribution in [0.25, 0.3) is 10.9 Å². The first-order valence-electron chi connectivity index (χ1n) is 9.19. The van der Waals surface area contributed by atoms with E-state index in [9.17, 15) is 0 Å². The largest absolute Gasteiger partial charge is 0.497 e. The lowest BCUT2D eigenvalue weighted by Crippen LogP contribution is -2.46. The quantitative estimate of drug-likeness (QED) is 0.716. The van der Waals surface area contributed by atoms with E-state index in [1.165, 1.54) is 16.6 Å². The van der Waals surface area contributed by atoms with Gasteiger partial charge in [0.25, 0.3) is 0 Å². The molecule has 3 aromatic rings. The lowest BCUT2D eigenvalue weighted by atomic mass is 10.1. The Hall–Kier alpha value is -2.59. The highest BCUT2D eigenvalue weighted by atomic mass is 16.5. The number of aryl methyl sites for hydroxylation is 1. The van der Waals surface area contributed by atoms with E-state index in [1.54, 1.807) is 7.11 Å². The van der Waals surface area contributed by atoms with E-state index >= 15 is 0 Å². The molecule has 0 atom stereocenters. The predicted molar refractivity (Wildman–Crippen MR) is 107 cm³/mol. The smallest absolute Gasteiger partial charge is 0.121 e. The zero-order valence-electron chi connectivity index (χ0n) is 15.5. The molecule has 4 nitrogen and oxygen atoms in total. The number of hydrogen-bond donors (Lipinski definition) is 0. The van der Waals surface area contributed by atoms with E-state index < -0.39 is 0 Å². The van der Waals surface area contributed by atoms with Crippen molar-refractivity contribution in [2.24, 2.45) is 0 Å². The van der Waals surface area contributed by atoms with Gasteiger partial charge in [-0.1, -0.05) is 30.3 Å². The van der Waals surface area contributed by atoms with Crippen molar-refractivity contribution in [1.82, 2.24) is 9.88 Å². The van der Waals surface area contributed by atoms with Crippen LogP contribution >= 0.6 is 0 Å². The molecule has 134 valence electrons. The van der Waals surface area contributed by atoms with Gasteiger partial charge in [0.05, 0.1) is 12.6 Å². The third-order valence-electron chi connectivity index (χ3n) is 5.09. The molecule has 0 unspecified atom stereocenters. The first kappa shape index (κ1) is 16.9. The van der Waals surface area contributed by atoms with Gasteiger partial charge in [0.1, 0.15) is 5.75 Å². The molecular weight excluding hydrogens is 322 g/mol. The molecule has 0 amide bonds. The molecule has 4 rings (SSSR count). The number of hydrogen-bond acceptors (Lipinski definition) is 4. The van der Waals surface area contributed by atoms with Crippen molar-refractivity contribution in [1.29, 1.82) is 0 Å². The maximum absolute atomic E-state index is 5.36. The fourth-order valence-corrected chi connectivity index (χ4v) is 3.70. The summed E-state index contributed by atoms with van der Waals surface area (Å²) in [6.07, 6.45) is 0. The molecule has 1 saturated heterocycles. The number of rotatable bonds is 4. The van der Waals surface area contributed by atoms with Crippen molar-refractivity contribution < 1.29 is 4.74 Å². The van der Waals surface area contributed by atoms with Gasteiger partial charge in [-0.05, 0) is 30.7 Å². The number of benzene rings is 2. The molecule has 2 aromatic carbocycles. The molecule has 2 heterocycles. The third-order valence-corrected chi connectivity index (χ3v) is 5.09. The van der Waals surface area contributed by atoms with Crippen LogP contribution in [0.3, 0.4) is 0 Å². The second-order valence-corrected chi connectivity index (χ2v) is 6.91. The molecule has 0 N–H and O–H groups in total. The van der Waals surface area contributed by atoms with Crippen LogP contribution in [0.5, 0.6) is 5.75 Å². The zero-order chi connectivity index (χ0) is 17.9. The average molecular weight is 347 g/mol. The zero-order valence-corrected chi connectivity index (χ0v) is 15.5. The minimum Gasteiger partial charge on any atom is -0.497 e. The molecule has 0 spiro atoms. The number of anilines is 1. The first-order valence-corrected chi connectivity index (χ1v) is 9.19. The molecule has 0 saturated carbocycles.